The summed E-state index contributed by atoms with van der Waals surface area (Å²) in [5.41, 5.74) is 0.943. The van der Waals surface area contributed by atoms with Crippen LogP contribution in [-0.2, 0) is 0 Å². The number of anilines is 1. The van der Waals surface area contributed by atoms with Crippen LogP contribution in [0.25, 0.3) is 0 Å². The molecule has 13 heavy (non-hydrogen) atoms. The molecule has 0 fully saturated rings. The Kier molecular flexibility index (Phi) is 3.06. The van der Waals surface area contributed by atoms with Gasteiger partial charge in [0.15, 0.2) is 0 Å². The highest BCUT2D eigenvalue weighted by atomic mass is 16.5. The molecule has 0 spiro atoms. The molecule has 0 aliphatic rings. The maximum atomic E-state index is 5.08. The van der Waals surface area contributed by atoms with Crippen LogP contribution in [0.15, 0.2) is 6.33 Å². The van der Waals surface area contributed by atoms with Crippen LogP contribution in [0.2, 0.25) is 0 Å². The van der Waals surface area contributed by atoms with Crippen LogP contribution in [0.4, 0.5) is 5.82 Å². The number of nitrogens with zero attached hydrogens (tertiary/aromatic N) is 2. The van der Waals surface area contributed by atoms with Gasteiger partial charge in [-0.05, 0) is 20.8 Å². The number of nitrogens with one attached hydrogen (secondary N) is 1. The second-order valence-corrected chi connectivity index (χ2v) is 3.16. The van der Waals surface area contributed by atoms with E-state index in [1.165, 1.54) is 6.33 Å². The van der Waals surface area contributed by atoms with Crippen molar-refractivity contribution in [2.75, 3.05) is 12.4 Å². The van der Waals surface area contributed by atoms with Gasteiger partial charge in [0.1, 0.15) is 12.1 Å². The molecule has 0 bridgehead atoms. The minimum absolute atomic E-state index is 0.360. The zero-order valence-electron chi connectivity index (χ0n) is 8.46. The van der Waals surface area contributed by atoms with Gasteiger partial charge in [0.2, 0.25) is 5.88 Å². The molecule has 1 N–H and O–H groups in total. The van der Waals surface area contributed by atoms with Crippen molar-refractivity contribution < 1.29 is 4.74 Å². The molecule has 0 saturated heterocycles. The van der Waals surface area contributed by atoms with Gasteiger partial charge in [-0.3, -0.25) is 0 Å². The molecule has 1 rings (SSSR count). The largest absolute Gasteiger partial charge is 0.481 e. The van der Waals surface area contributed by atoms with Crippen molar-refractivity contribution >= 4 is 5.82 Å². The van der Waals surface area contributed by atoms with E-state index in [1.807, 2.05) is 6.92 Å². The number of methoxy groups -OCH3 is 1. The highest BCUT2D eigenvalue weighted by Crippen LogP contribution is 2.19. The first-order chi connectivity index (χ1) is 6.15. The first-order valence-corrected chi connectivity index (χ1v) is 4.27. The Morgan fingerprint density at radius 1 is 1.38 bits per heavy atom. The van der Waals surface area contributed by atoms with Crippen molar-refractivity contribution in [3.63, 3.8) is 0 Å². The van der Waals surface area contributed by atoms with Gasteiger partial charge in [-0.15, -0.1) is 0 Å². The van der Waals surface area contributed by atoms with Crippen LogP contribution >= 0.6 is 0 Å². The van der Waals surface area contributed by atoms with Crippen LogP contribution in [0.5, 0.6) is 5.88 Å². The zero-order valence-corrected chi connectivity index (χ0v) is 8.46. The Balaban J connectivity index is 2.94. The minimum atomic E-state index is 0.360. The van der Waals surface area contributed by atoms with Gasteiger partial charge in [-0.1, -0.05) is 0 Å². The van der Waals surface area contributed by atoms with E-state index in [1.54, 1.807) is 7.11 Å². The molecule has 0 radical (unpaired) electrons. The lowest BCUT2D eigenvalue weighted by Gasteiger charge is -2.12. The lowest BCUT2D eigenvalue weighted by Crippen LogP contribution is -2.12. The molecule has 0 unspecified atom stereocenters. The predicted octanol–water partition coefficient (Wildman–Crippen LogP) is 1.61. The van der Waals surface area contributed by atoms with E-state index >= 15 is 0 Å². The predicted molar refractivity (Wildman–Crippen MR) is 52.1 cm³/mol. The van der Waals surface area contributed by atoms with Crippen molar-refractivity contribution in [3.05, 3.63) is 11.9 Å². The Hall–Kier alpha value is -1.32. The molecule has 0 atom stereocenters. The van der Waals surface area contributed by atoms with Crippen molar-refractivity contribution in [2.24, 2.45) is 0 Å². The molecular formula is C9H15N3O. The summed E-state index contributed by atoms with van der Waals surface area (Å²) < 4.78 is 5.08. The lowest BCUT2D eigenvalue weighted by molar-refractivity contribution is 0.393. The molecule has 0 amide bonds. The molecule has 1 heterocycles. The van der Waals surface area contributed by atoms with Gasteiger partial charge >= 0.3 is 0 Å². The first-order valence-electron chi connectivity index (χ1n) is 4.27. The molecule has 1 aromatic rings. The molecule has 4 nitrogen and oxygen atoms in total. The average Bonchev–Trinajstić information content (AvgIpc) is 2.08. The Morgan fingerprint density at radius 2 is 2.08 bits per heavy atom. The number of aromatic nitrogens is 2. The van der Waals surface area contributed by atoms with E-state index in [4.69, 9.17) is 4.74 Å². The second-order valence-electron chi connectivity index (χ2n) is 3.16. The summed E-state index contributed by atoms with van der Waals surface area (Å²) in [4.78, 5) is 8.12. The second kappa shape index (κ2) is 4.07. The third-order valence-corrected chi connectivity index (χ3v) is 1.66. The van der Waals surface area contributed by atoms with Gasteiger partial charge in [0.05, 0.1) is 12.7 Å². The standard InChI is InChI=1S/C9H15N3O/c1-6(2)12-8-7(3)9(13-4)11-5-10-8/h5-6H,1-4H3,(H,10,11,12). The number of hydrogen-bond donors (Lipinski definition) is 1. The van der Waals surface area contributed by atoms with E-state index in [9.17, 15) is 0 Å². The van der Waals surface area contributed by atoms with E-state index in [0.717, 1.165) is 11.4 Å². The summed E-state index contributed by atoms with van der Waals surface area (Å²) in [6.45, 7) is 6.06. The number of hydrogen-bond acceptors (Lipinski definition) is 4. The quantitative estimate of drug-likeness (QED) is 0.769. The van der Waals surface area contributed by atoms with E-state index in [0.29, 0.717) is 11.9 Å². The van der Waals surface area contributed by atoms with Gasteiger partial charge in [-0.2, -0.15) is 0 Å². The summed E-state index contributed by atoms with van der Waals surface area (Å²) in [5, 5.41) is 3.22. The Labute approximate surface area is 78.4 Å². The lowest BCUT2D eigenvalue weighted by atomic mass is 10.3. The first kappa shape index (κ1) is 9.77. The normalized spacial score (nSPS) is 10.2. The molecule has 0 aromatic carbocycles. The topological polar surface area (TPSA) is 47.0 Å². The van der Waals surface area contributed by atoms with Crippen molar-refractivity contribution in [1.82, 2.24) is 9.97 Å². The Bertz CT molecular complexity index is 286. The molecule has 0 aliphatic carbocycles. The zero-order chi connectivity index (χ0) is 9.84. The molecule has 0 aliphatic heterocycles. The maximum absolute atomic E-state index is 5.08. The fourth-order valence-electron chi connectivity index (χ4n) is 1.06. The summed E-state index contributed by atoms with van der Waals surface area (Å²) in [5.74, 6) is 1.46. The highest BCUT2D eigenvalue weighted by Gasteiger charge is 2.06. The number of rotatable bonds is 3. The summed E-state index contributed by atoms with van der Waals surface area (Å²) in [7, 11) is 1.61. The third-order valence-electron chi connectivity index (χ3n) is 1.66. The van der Waals surface area contributed by atoms with Crippen LogP contribution in [0.1, 0.15) is 19.4 Å². The van der Waals surface area contributed by atoms with Crippen LogP contribution in [0.3, 0.4) is 0 Å². The van der Waals surface area contributed by atoms with Crippen LogP contribution in [-0.4, -0.2) is 23.1 Å². The van der Waals surface area contributed by atoms with E-state index < -0.39 is 0 Å². The summed E-state index contributed by atoms with van der Waals surface area (Å²) in [6.07, 6.45) is 1.50. The van der Waals surface area contributed by atoms with E-state index in [2.05, 4.69) is 29.1 Å². The fraction of sp³-hybridized carbons (Fsp3) is 0.556. The van der Waals surface area contributed by atoms with Crippen molar-refractivity contribution in [1.29, 1.82) is 0 Å². The number of ether oxygens (including phenoxy) is 1. The summed E-state index contributed by atoms with van der Waals surface area (Å²) in [6, 6.07) is 0.360. The van der Waals surface area contributed by atoms with Crippen LogP contribution < -0.4 is 10.1 Å². The van der Waals surface area contributed by atoms with Gasteiger partial charge < -0.3 is 10.1 Å². The van der Waals surface area contributed by atoms with E-state index in [-0.39, 0.29) is 0 Å². The minimum Gasteiger partial charge on any atom is -0.481 e. The average molecular weight is 181 g/mol. The maximum Gasteiger partial charge on any atom is 0.221 e. The van der Waals surface area contributed by atoms with Crippen molar-refractivity contribution in [2.45, 2.75) is 26.8 Å². The Morgan fingerprint density at radius 3 is 2.62 bits per heavy atom. The van der Waals surface area contributed by atoms with Gasteiger partial charge in [-0.25, -0.2) is 9.97 Å². The summed E-state index contributed by atoms with van der Waals surface area (Å²) >= 11 is 0. The molecule has 0 saturated carbocycles. The van der Waals surface area contributed by atoms with Crippen molar-refractivity contribution in [3.8, 4) is 5.88 Å². The fourth-order valence-corrected chi connectivity index (χ4v) is 1.06. The molecular weight excluding hydrogens is 166 g/mol. The van der Waals surface area contributed by atoms with Crippen LogP contribution in [0, 0.1) is 6.92 Å². The smallest absolute Gasteiger partial charge is 0.221 e. The molecule has 72 valence electrons. The SMILES string of the molecule is COc1ncnc(NC(C)C)c1C. The van der Waals surface area contributed by atoms with Gasteiger partial charge in [0.25, 0.3) is 0 Å². The monoisotopic (exact) mass is 181 g/mol. The van der Waals surface area contributed by atoms with Gasteiger partial charge in [0, 0.05) is 6.04 Å². The molecule has 4 heteroatoms. The highest BCUT2D eigenvalue weighted by molar-refractivity contribution is 5.47. The third kappa shape index (κ3) is 2.31. The molecule has 1 aromatic heterocycles.